The van der Waals surface area contributed by atoms with Crippen molar-refractivity contribution in [2.75, 3.05) is 0 Å². The van der Waals surface area contributed by atoms with Gasteiger partial charge in [-0.3, -0.25) is 9.78 Å². The van der Waals surface area contributed by atoms with Crippen LogP contribution in [-0.2, 0) is 16.0 Å². The average Bonchev–Trinajstić information content (AvgIpc) is 2.58. The van der Waals surface area contributed by atoms with Gasteiger partial charge in [-0.2, -0.15) is 13.2 Å². The second-order valence-corrected chi connectivity index (χ2v) is 9.59. The zero-order chi connectivity index (χ0) is 21.4. The Hall–Kier alpha value is -2.29. The molecule has 0 spiro atoms. The van der Waals surface area contributed by atoms with Crippen molar-refractivity contribution in [3.8, 4) is 0 Å². The summed E-state index contributed by atoms with van der Waals surface area (Å²) in [4.78, 5) is 15.7. The maximum atomic E-state index is 13.5. The summed E-state index contributed by atoms with van der Waals surface area (Å²) in [6.07, 6.45) is -2.65. The number of rotatable bonds is 6. The van der Waals surface area contributed by atoms with Crippen LogP contribution in [0.2, 0.25) is 0 Å². The van der Waals surface area contributed by atoms with E-state index in [1.807, 2.05) is 0 Å². The van der Waals surface area contributed by atoms with Crippen molar-refractivity contribution in [1.82, 2.24) is 4.98 Å². The van der Waals surface area contributed by atoms with Gasteiger partial charge in [-0.25, -0.2) is 12.8 Å². The van der Waals surface area contributed by atoms with Crippen LogP contribution in [0, 0.1) is 18.7 Å². The van der Waals surface area contributed by atoms with Crippen molar-refractivity contribution >= 4 is 15.6 Å². The van der Waals surface area contributed by atoms with Crippen LogP contribution in [0.4, 0.5) is 17.6 Å². The first-order valence-electron chi connectivity index (χ1n) is 9.04. The summed E-state index contributed by atoms with van der Waals surface area (Å²) in [5.74, 6) is -0.970. The second-order valence-electron chi connectivity index (χ2n) is 7.36. The summed E-state index contributed by atoms with van der Waals surface area (Å²) >= 11 is 0. The van der Waals surface area contributed by atoms with Crippen LogP contribution in [0.1, 0.15) is 47.3 Å². The molecule has 4 nitrogen and oxygen atoms in total. The number of aryl methyl sites for hydroxylation is 1. The van der Waals surface area contributed by atoms with Gasteiger partial charge in [-0.1, -0.05) is 0 Å². The molecule has 0 atom stereocenters. The number of carbonyl (C=O) groups excluding carboxylic acids is 1. The predicted octanol–water partition coefficient (Wildman–Crippen LogP) is 4.76. The van der Waals surface area contributed by atoms with Crippen LogP contribution in [0.5, 0.6) is 0 Å². The Morgan fingerprint density at radius 1 is 1.17 bits per heavy atom. The number of carbonyl (C=O) groups is 1. The van der Waals surface area contributed by atoms with E-state index in [0.717, 1.165) is 18.2 Å². The van der Waals surface area contributed by atoms with Gasteiger partial charge in [0, 0.05) is 12.6 Å². The molecule has 1 aromatic heterocycles. The third-order valence-electron chi connectivity index (χ3n) is 5.13. The first kappa shape index (κ1) is 21.4. The molecule has 1 aliphatic rings. The molecule has 1 heterocycles. The monoisotopic (exact) mass is 429 g/mol. The van der Waals surface area contributed by atoms with Crippen LogP contribution >= 0.6 is 0 Å². The average molecular weight is 429 g/mol. The summed E-state index contributed by atoms with van der Waals surface area (Å²) in [5.41, 5.74) is -0.445. The highest BCUT2D eigenvalue weighted by atomic mass is 32.2. The highest BCUT2D eigenvalue weighted by Gasteiger charge is 2.39. The number of benzene rings is 1. The normalized spacial score (nSPS) is 19.6. The molecule has 2 aromatic rings. The molecule has 1 saturated carbocycles. The number of alkyl halides is 3. The lowest BCUT2D eigenvalue weighted by atomic mass is 9.81. The Morgan fingerprint density at radius 2 is 1.86 bits per heavy atom. The van der Waals surface area contributed by atoms with Crippen molar-refractivity contribution in [2.45, 2.75) is 48.9 Å². The fraction of sp³-hybridized carbons (Fsp3) is 0.400. The molecule has 0 saturated heterocycles. The lowest BCUT2D eigenvalue weighted by Gasteiger charge is -2.34. The molecule has 0 bridgehead atoms. The Labute approximate surface area is 165 Å². The predicted molar refractivity (Wildman–Crippen MR) is 97.6 cm³/mol. The third kappa shape index (κ3) is 4.83. The van der Waals surface area contributed by atoms with Crippen molar-refractivity contribution in [2.24, 2.45) is 5.92 Å². The van der Waals surface area contributed by atoms with E-state index in [1.54, 1.807) is 6.92 Å². The van der Waals surface area contributed by atoms with Crippen molar-refractivity contribution in [3.63, 3.8) is 0 Å². The fourth-order valence-corrected chi connectivity index (χ4v) is 5.48. The number of sulfone groups is 1. The van der Waals surface area contributed by atoms with Gasteiger partial charge in [0.1, 0.15) is 11.5 Å². The van der Waals surface area contributed by atoms with E-state index in [2.05, 4.69) is 4.98 Å². The number of ketones is 1. The summed E-state index contributed by atoms with van der Waals surface area (Å²) in [6, 6.07) is 5.56. The van der Waals surface area contributed by atoms with Gasteiger partial charge >= 0.3 is 6.18 Å². The Balaban J connectivity index is 1.54. The molecule has 3 rings (SSSR count). The Kier molecular flexibility index (Phi) is 5.80. The molecule has 0 aliphatic heterocycles. The molecule has 0 N–H and O–H groups in total. The summed E-state index contributed by atoms with van der Waals surface area (Å²) < 4.78 is 76.3. The van der Waals surface area contributed by atoms with Gasteiger partial charge in [-0.15, -0.1) is 0 Å². The molecule has 1 fully saturated rings. The van der Waals surface area contributed by atoms with E-state index in [-0.39, 0.29) is 28.7 Å². The molecular formula is C20H19F4NO3S. The number of halogens is 4. The molecule has 9 heteroatoms. The number of hydrogen-bond acceptors (Lipinski definition) is 4. The smallest absolute Gasteiger partial charge is 0.292 e. The third-order valence-corrected chi connectivity index (χ3v) is 7.29. The summed E-state index contributed by atoms with van der Waals surface area (Å²) in [7, 11) is -3.63. The highest BCUT2D eigenvalue weighted by molar-refractivity contribution is 7.92. The first-order valence-corrected chi connectivity index (χ1v) is 10.6. The number of Topliss-reactive ketones (excluding diaryl/α,β-unsaturated/α-hetero) is 1. The largest absolute Gasteiger partial charge is 0.417 e. The van der Waals surface area contributed by atoms with E-state index < -0.39 is 32.6 Å². The summed E-state index contributed by atoms with van der Waals surface area (Å²) in [5, 5.41) is -0.618. The molecule has 29 heavy (non-hydrogen) atoms. The number of pyridine rings is 1. The van der Waals surface area contributed by atoms with Gasteiger partial charge in [0.2, 0.25) is 0 Å². The highest BCUT2D eigenvalue weighted by Crippen LogP contribution is 2.39. The lowest BCUT2D eigenvalue weighted by molar-refractivity contribution is -0.137. The molecule has 1 aliphatic carbocycles. The van der Waals surface area contributed by atoms with Gasteiger partial charge in [0.25, 0.3) is 0 Å². The first-order chi connectivity index (χ1) is 13.5. The minimum Gasteiger partial charge on any atom is -0.292 e. The van der Waals surface area contributed by atoms with Crippen LogP contribution in [0.3, 0.4) is 0 Å². The van der Waals surface area contributed by atoms with E-state index in [1.165, 1.54) is 12.1 Å². The molecular weight excluding hydrogens is 410 g/mol. The second kappa shape index (κ2) is 7.85. The lowest BCUT2D eigenvalue weighted by Crippen LogP contribution is -2.36. The zero-order valence-corrected chi connectivity index (χ0v) is 16.4. The van der Waals surface area contributed by atoms with Crippen molar-refractivity contribution < 1.29 is 30.8 Å². The van der Waals surface area contributed by atoms with Gasteiger partial charge in [-0.05, 0) is 68.0 Å². The molecule has 0 radical (unpaired) electrons. The van der Waals surface area contributed by atoms with E-state index >= 15 is 0 Å². The minimum atomic E-state index is -4.51. The van der Waals surface area contributed by atoms with E-state index in [0.29, 0.717) is 31.0 Å². The van der Waals surface area contributed by atoms with Gasteiger partial charge in [0.15, 0.2) is 15.6 Å². The van der Waals surface area contributed by atoms with E-state index in [9.17, 15) is 30.8 Å². The van der Waals surface area contributed by atoms with Crippen LogP contribution in [0.15, 0.2) is 41.4 Å². The van der Waals surface area contributed by atoms with Crippen LogP contribution in [-0.4, -0.2) is 24.4 Å². The van der Waals surface area contributed by atoms with Crippen LogP contribution in [0.25, 0.3) is 0 Å². The molecule has 0 amide bonds. The molecule has 156 valence electrons. The standard InChI is InChI=1S/C20H19F4NO3S/c1-12-6-15(21)10-16(7-12)29(27,28)17-8-13(9-17)2-5-19(26)18-4-3-14(11-25-18)20(22,23)24/h3-4,6-7,10-11,13,17H,2,5,8-9H2,1H3. The Bertz CT molecular complexity index is 991. The fourth-order valence-electron chi connectivity index (χ4n) is 3.41. The van der Waals surface area contributed by atoms with Crippen molar-refractivity contribution in [1.29, 1.82) is 0 Å². The zero-order valence-electron chi connectivity index (χ0n) is 15.5. The summed E-state index contributed by atoms with van der Waals surface area (Å²) in [6.45, 7) is 1.62. The quantitative estimate of drug-likeness (QED) is 0.491. The SMILES string of the molecule is Cc1cc(F)cc(S(=O)(=O)C2CC(CCC(=O)c3ccc(C(F)(F)F)cn3)C2)c1. The van der Waals surface area contributed by atoms with E-state index in [4.69, 9.17) is 0 Å². The van der Waals surface area contributed by atoms with Gasteiger partial charge in [0.05, 0.1) is 15.7 Å². The van der Waals surface area contributed by atoms with Crippen molar-refractivity contribution in [3.05, 3.63) is 59.2 Å². The number of aromatic nitrogens is 1. The number of hydrogen-bond donors (Lipinski definition) is 0. The Morgan fingerprint density at radius 3 is 2.41 bits per heavy atom. The maximum absolute atomic E-state index is 13.5. The van der Waals surface area contributed by atoms with Gasteiger partial charge < -0.3 is 0 Å². The number of nitrogens with zero attached hydrogens (tertiary/aromatic N) is 1. The molecule has 1 aromatic carbocycles. The maximum Gasteiger partial charge on any atom is 0.417 e. The molecule has 0 unspecified atom stereocenters. The van der Waals surface area contributed by atoms with Crippen LogP contribution < -0.4 is 0 Å². The minimum absolute atomic E-state index is 0.0165. The topological polar surface area (TPSA) is 64.1 Å².